The Kier molecular flexibility index (Phi) is 5.44. The molecule has 0 bridgehead atoms. The van der Waals surface area contributed by atoms with Crippen molar-refractivity contribution in [3.63, 3.8) is 0 Å². The van der Waals surface area contributed by atoms with E-state index in [9.17, 15) is 4.79 Å². The van der Waals surface area contributed by atoms with Crippen LogP contribution >= 0.6 is 0 Å². The minimum Gasteiger partial charge on any atom is -0.497 e. The van der Waals surface area contributed by atoms with Crippen LogP contribution in [0.3, 0.4) is 0 Å². The van der Waals surface area contributed by atoms with E-state index in [0.717, 1.165) is 32.2 Å². The van der Waals surface area contributed by atoms with Gasteiger partial charge >= 0.3 is 0 Å². The van der Waals surface area contributed by atoms with Crippen molar-refractivity contribution in [3.05, 3.63) is 23.8 Å². The van der Waals surface area contributed by atoms with Crippen molar-refractivity contribution < 1.29 is 14.3 Å². The van der Waals surface area contributed by atoms with Crippen LogP contribution in [0.5, 0.6) is 11.5 Å². The Labute approximate surface area is 126 Å². The quantitative estimate of drug-likeness (QED) is 0.902. The van der Waals surface area contributed by atoms with Crippen molar-refractivity contribution in [2.45, 2.75) is 31.7 Å². The fourth-order valence-electron chi connectivity index (χ4n) is 2.86. The Morgan fingerprint density at radius 1 is 1.24 bits per heavy atom. The monoisotopic (exact) mass is 292 g/mol. The van der Waals surface area contributed by atoms with E-state index in [0.29, 0.717) is 23.6 Å². The van der Waals surface area contributed by atoms with Gasteiger partial charge in [0.1, 0.15) is 11.5 Å². The standard InChI is InChI=1S/C16H24N2O3/c1-20-14-9-12(10-15(11-14)21-2)16(19)18-8-4-3-5-13(18)6-7-17/h9-11,13H,3-8,17H2,1-2H3. The van der Waals surface area contributed by atoms with Gasteiger partial charge in [0.2, 0.25) is 0 Å². The minimum absolute atomic E-state index is 0.0327. The zero-order chi connectivity index (χ0) is 15.2. The van der Waals surface area contributed by atoms with Gasteiger partial charge in [-0.2, -0.15) is 0 Å². The van der Waals surface area contributed by atoms with Crippen LogP contribution in [0.2, 0.25) is 0 Å². The number of nitrogens with zero attached hydrogens (tertiary/aromatic N) is 1. The van der Waals surface area contributed by atoms with Gasteiger partial charge in [-0.3, -0.25) is 4.79 Å². The highest BCUT2D eigenvalue weighted by atomic mass is 16.5. The van der Waals surface area contributed by atoms with Crippen LogP contribution in [-0.2, 0) is 0 Å². The zero-order valence-electron chi connectivity index (χ0n) is 12.8. The highest BCUT2D eigenvalue weighted by Crippen LogP contribution is 2.26. The third-order valence-corrected chi connectivity index (χ3v) is 3.99. The molecule has 1 aliphatic rings. The molecule has 1 fully saturated rings. The van der Waals surface area contributed by atoms with Crippen molar-refractivity contribution in [2.24, 2.45) is 5.73 Å². The number of hydrogen-bond acceptors (Lipinski definition) is 4. The van der Waals surface area contributed by atoms with Crippen molar-refractivity contribution in [2.75, 3.05) is 27.3 Å². The molecule has 2 N–H and O–H groups in total. The molecule has 0 aromatic heterocycles. The second-order valence-electron chi connectivity index (χ2n) is 5.33. The second-order valence-corrected chi connectivity index (χ2v) is 5.33. The van der Waals surface area contributed by atoms with Crippen molar-refractivity contribution in [1.29, 1.82) is 0 Å². The lowest BCUT2D eigenvalue weighted by molar-refractivity contribution is 0.0604. The molecule has 1 heterocycles. The molecule has 1 aromatic rings. The Bertz CT molecular complexity index is 466. The van der Waals surface area contributed by atoms with E-state index in [2.05, 4.69) is 0 Å². The van der Waals surface area contributed by atoms with Gasteiger partial charge in [0.15, 0.2) is 0 Å². The van der Waals surface area contributed by atoms with Crippen LogP contribution in [0.1, 0.15) is 36.0 Å². The summed E-state index contributed by atoms with van der Waals surface area (Å²) < 4.78 is 10.5. The SMILES string of the molecule is COc1cc(OC)cc(C(=O)N2CCCCC2CCN)c1. The summed E-state index contributed by atoms with van der Waals surface area (Å²) in [4.78, 5) is 14.7. The van der Waals surface area contributed by atoms with Crippen molar-refractivity contribution in [3.8, 4) is 11.5 Å². The van der Waals surface area contributed by atoms with Crippen LogP contribution in [0.25, 0.3) is 0 Å². The topological polar surface area (TPSA) is 64.8 Å². The second kappa shape index (κ2) is 7.31. The van der Waals surface area contributed by atoms with Crippen LogP contribution in [-0.4, -0.2) is 44.2 Å². The van der Waals surface area contributed by atoms with E-state index >= 15 is 0 Å². The Hall–Kier alpha value is -1.75. The third kappa shape index (κ3) is 3.67. The molecule has 1 atom stereocenters. The number of carbonyl (C=O) groups excluding carboxylic acids is 1. The highest BCUT2D eigenvalue weighted by molar-refractivity contribution is 5.95. The molecule has 0 saturated carbocycles. The first kappa shape index (κ1) is 15.6. The van der Waals surface area contributed by atoms with E-state index in [-0.39, 0.29) is 11.9 Å². The molecule has 116 valence electrons. The summed E-state index contributed by atoms with van der Waals surface area (Å²) >= 11 is 0. The van der Waals surface area contributed by atoms with Gasteiger partial charge in [-0.15, -0.1) is 0 Å². The Balaban J connectivity index is 2.24. The maximum absolute atomic E-state index is 12.8. The Morgan fingerprint density at radius 2 is 1.90 bits per heavy atom. The van der Waals surface area contributed by atoms with Gasteiger partial charge in [-0.1, -0.05) is 0 Å². The lowest BCUT2D eigenvalue weighted by atomic mass is 9.98. The summed E-state index contributed by atoms with van der Waals surface area (Å²) in [6.07, 6.45) is 4.10. The van der Waals surface area contributed by atoms with Crippen LogP contribution in [0, 0.1) is 0 Å². The molecule has 5 heteroatoms. The van der Waals surface area contributed by atoms with Gasteiger partial charge in [0.25, 0.3) is 5.91 Å². The first-order valence-corrected chi connectivity index (χ1v) is 7.43. The van der Waals surface area contributed by atoms with Gasteiger partial charge in [0, 0.05) is 24.2 Å². The molecule has 0 radical (unpaired) electrons. The average Bonchev–Trinajstić information content (AvgIpc) is 2.54. The maximum atomic E-state index is 12.8. The van der Waals surface area contributed by atoms with Crippen molar-refractivity contribution >= 4 is 5.91 Å². The molecule has 21 heavy (non-hydrogen) atoms. The maximum Gasteiger partial charge on any atom is 0.254 e. The predicted octanol–water partition coefficient (Wildman–Crippen LogP) is 2.05. The summed E-state index contributed by atoms with van der Waals surface area (Å²) in [5.74, 6) is 1.29. The van der Waals surface area contributed by atoms with Crippen molar-refractivity contribution in [1.82, 2.24) is 4.90 Å². The van der Waals surface area contributed by atoms with Gasteiger partial charge < -0.3 is 20.1 Å². The predicted molar refractivity (Wildman–Crippen MR) is 81.9 cm³/mol. The number of ether oxygens (including phenoxy) is 2. The number of hydrogen-bond donors (Lipinski definition) is 1. The number of methoxy groups -OCH3 is 2. The minimum atomic E-state index is 0.0327. The molecule has 1 aromatic carbocycles. The van der Waals surface area contributed by atoms with E-state index in [4.69, 9.17) is 15.2 Å². The van der Waals surface area contributed by atoms with Gasteiger partial charge in [-0.25, -0.2) is 0 Å². The first-order chi connectivity index (χ1) is 10.2. The first-order valence-electron chi connectivity index (χ1n) is 7.43. The fourth-order valence-corrected chi connectivity index (χ4v) is 2.86. The number of piperidine rings is 1. The van der Waals surface area contributed by atoms with E-state index in [1.165, 1.54) is 0 Å². The largest absolute Gasteiger partial charge is 0.497 e. The number of likely N-dealkylation sites (tertiary alicyclic amines) is 1. The lowest BCUT2D eigenvalue weighted by Gasteiger charge is -2.35. The molecule has 0 aliphatic carbocycles. The smallest absolute Gasteiger partial charge is 0.254 e. The summed E-state index contributed by atoms with van der Waals surface area (Å²) in [6.45, 7) is 1.40. The van der Waals surface area contributed by atoms with Gasteiger partial charge in [-0.05, 0) is 44.4 Å². The number of benzene rings is 1. The van der Waals surface area contributed by atoms with Crippen LogP contribution in [0.4, 0.5) is 0 Å². The van der Waals surface area contributed by atoms with E-state index in [1.807, 2.05) is 4.90 Å². The lowest BCUT2D eigenvalue weighted by Crippen LogP contribution is -2.44. The molecule has 1 amide bonds. The fraction of sp³-hybridized carbons (Fsp3) is 0.562. The normalized spacial score (nSPS) is 18.4. The molecule has 1 saturated heterocycles. The molecular formula is C16H24N2O3. The average molecular weight is 292 g/mol. The molecule has 2 rings (SSSR count). The third-order valence-electron chi connectivity index (χ3n) is 3.99. The molecule has 5 nitrogen and oxygen atoms in total. The zero-order valence-corrected chi connectivity index (χ0v) is 12.8. The molecular weight excluding hydrogens is 268 g/mol. The van der Waals surface area contributed by atoms with Crippen LogP contribution in [0.15, 0.2) is 18.2 Å². The van der Waals surface area contributed by atoms with E-state index in [1.54, 1.807) is 32.4 Å². The van der Waals surface area contributed by atoms with E-state index < -0.39 is 0 Å². The Morgan fingerprint density at radius 3 is 2.48 bits per heavy atom. The molecule has 0 spiro atoms. The molecule has 1 unspecified atom stereocenters. The summed E-state index contributed by atoms with van der Waals surface area (Å²) in [5.41, 5.74) is 6.28. The van der Waals surface area contributed by atoms with Gasteiger partial charge in [0.05, 0.1) is 14.2 Å². The summed E-state index contributed by atoms with van der Waals surface area (Å²) in [5, 5.41) is 0. The highest BCUT2D eigenvalue weighted by Gasteiger charge is 2.27. The van der Waals surface area contributed by atoms with Crippen LogP contribution < -0.4 is 15.2 Å². The summed E-state index contributed by atoms with van der Waals surface area (Å²) in [6, 6.07) is 5.54. The number of rotatable bonds is 5. The number of carbonyl (C=O) groups is 1. The summed E-state index contributed by atoms with van der Waals surface area (Å²) in [7, 11) is 3.17. The number of amides is 1. The molecule has 1 aliphatic heterocycles. The number of nitrogens with two attached hydrogens (primary N) is 1.